The number of likely N-dealkylation sites (tertiary alicyclic amines) is 1. The first kappa shape index (κ1) is 20.4. The molecule has 0 radical (unpaired) electrons. The van der Waals surface area contributed by atoms with E-state index in [1.807, 2.05) is 0 Å². The zero-order valence-electron chi connectivity index (χ0n) is 18.1. The van der Waals surface area contributed by atoms with E-state index in [1.54, 1.807) is 0 Å². The van der Waals surface area contributed by atoms with E-state index in [1.165, 1.54) is 48.3 Å². The molecule has 1 unspecified atom stereocenters. The van der Waals surface area contributed by atoms with Gasteiger partial charge < -0.3 is 9.64 Å². The van der Waals surface area contributed by atoms with E-state index in [-0.39, 0.29) is 0 Å². The summed E-state index contributed by atoms with van der Waals surface area (Å²) in [5.41, 5.74) is 5.87. The number of hydrogen-bond acceptors (Lipinski definition) is 3. The number of rotatable bonds is 7. The second-order valence-corrected chi connectivity index (χ2v) is 9.11. The summed E-state index contributed by atoms with van der Waals surface area (Å²) in [6.45, 7) is 10.6. The molecule has 0 bridgehead atoms. The lowest BCUT2D eigenvalue weighted by Crippen LogP contribution is -2.46. The van der Waals surface area contributed by atoms with E-state index >= 15 is 0 Å². The van der Waals surface area contributed by atoms with Gasteiger partial charge in [0.15, 0.2) is 0 Å². The SMILES string of the molecule is CC(C)COCC(CN1Cc2ccccc2CCc2ccccc21)N1CCCC1. The van der Waals surface area contributed by atoms with Gasteiger partial charge in [0.25, 0.3) is 0 Å². The number of hydrogen-bond donors (Lipinski definition) is 0. The fourth-order valence-corrected chi connectivity index (χ4v) is 4.78. The molecule has 0 aliphatic carbocycles. The van der Waals surface area contributed by atoms with Gasteiger partial charge in [-0.3, -0.25) is 4.90 Å². The van der Waals surface area contributed by atoms with Crippen LogP contribution in [0.25, 0.3) is 0 Å². The summed E-state index contributed by atoms with van der Waals surface area (Å²) < 4.78 is 6.16. The average Bonchev–Trinajstić information content (AvgIpc) is 3.25. The van der Waals surface area contributed by atoms with E-state index in [4.69, 9.17) is 4.74 Å². The summed E-state index contributed by atoms with van der Waals surface area (Å²) in [5.74, 6) is 0.587. The van der Waals surface area contributed by atoms with Gasteiger partial charge in [0.05, 0.1) is 12.6 Å². The Hall–Kier alpha value is -1.84. The monoisotopic (exact) mass is 392 g/mol. The first-order valence-corrected chi connectivity index (χ1v) is 11.4. The summed E-state index contributed by atoms with van der Waals surface area (Å²) >= 11 is 0. The molecule has 29 heavy (non-hydrogen) atoms. The van der Waals surface area contributed by atoms with Crippen molar-refractivity contribution in [1.82, 2.24) is 4.90 Å². The Morgan fingerprint density at radius 2 is 1.48 bits per heavy atom. The lowest BCUT2D eigenvalue weighted by atomic mass is 9.95. The smallest absolute Gasteiger partial charge is 0.0639 e. The van der Waals surface area contributed by atoms with Crippen LogP contribution in [0.15, 0.2) is 48.5 Å². The molecule has 2 aromatic carbocycles. The van der Waals surface area contributed by atoms with Crippen molar-refractivity contribution in [3.8, 4) is 0 Å². The Morgan fingerprint density at radius 1 is 0.828 bits per heavy atom. The van der Waals surface area contributed by atoms with Crippen molar-refractivity contribution in [2.45, 2.75) is 52.1 Å². The van der Waals surface area contributed by atoms with Crippen molar-refractivity contribution in [3.63, 3.8) is 0 Å². The van der Waals surface area contributed by atoms with Crippen LogP contribution >= 0.6 is 0 Å². The molecule has 1 fully saturated rings. The molecule has 3 nitrogen and oxygen atoms in total. The second kappa shape index (κ2) is 9.77. The maximum Gasteiger partial charge on any atom is 0.0639 e. The molecular weight excluding hydrogens is 356 g/mol. The van der Waals surface area contributed by atoms with Crippen LogP contribution in [0.3, 0.4) is 0 Å². The number of fused-ring (bicyclic) bond motifs is 2. The lowest BCUT2D eigenvalue weighted by molar-refractivity contribution is 0.0567. The Labute approximate surface area is 176 Å². The largest absolute Gasteiger partial charge is 0.379 e. The summed E-state index contributed by atoms with van der Waals surface area (Å²) in [7, 11) is 0. The average molecular weight is 393 g/mol. The molecule has 2 aliphatic heterocycles. The molecule has 0 amide bonds. The van der Waals surface area contributed by atoms with Crippen molar-refractivity contribution in [3.05, 3.63) is 65.2 Å². The summed E-state index contributed by atoms with van der Waals surface area (Å²) in [6.07, 6.45) is 4.89. The molecule has 4 rings (SSSR count). The van der Waals surface area contributed by atoms with Crippen LogP contribution in [0.4, 0.5) is 5.69 Å². The second-order valence-electron chi connectivity index (χ2n) is 9.11. The normalized spacial score (nSPS) is 18.2. The van der Waals surface area contributed by atoms with Gasteiger partial charge in [0, 0.05) is 25.4 Å². The number of benzene rings is 2. The number of para-hydroxylation sites is 1. The van der Waals surface area contributed by atoms with Crippen LogP contribution in [-0.4, -0.2) is 43.8 Å². The van der Waals surface area contributed by atoms with Crippen molar-refractivity contribution >= 4 is 5.69 Å². The van der Waals surface area contributed by atoms with Crippen molar-refractivity contribution in [2.75, 3.05) is 37.7 Å². The predicted octanol–water partition coefficient (Wildman–Crippen LogP) is 4.93. The van der Waals surface area contributed by atoms with E-state index in [0.717, 1.165) is 39.1 Å². The third-order valence-corrected chi connectivity index (χ3v) is 6.33. The molecular formula is C26H36N2O. The summed E-state index contributed by atoms with van der Waals surface area (Å²) in [4.78, 5) is 5.28. The van der Waals surface area contributed by atoms with Gasteiger partial charge in [-0.25, -0.2) is 0 Å². The minimum atomic E-state index is 0.455. The minimum absolute atomic E-state index is 0.455. The quantitative estimate of drug-likeness (QED) is 0.664. The molecule has 0 saturated carbocycles. The molecule has 3 heteroatoms. The highest BCUT2D eigenvalue weighted by Crippen LogP contribution is 2.29. The highest BCUT2D eigenvalue weighted by molar-refractivity contribution is 5.56. The summed E-state index contributed by atoms with van der Waals surface area (Å²) in [6, 6.07) is 18.5. The molecule has 0 spiro atoms. The zero-order chi connectivity index (χ0) is 20.1. The molecule has 0 aromatic heterocycles. The minimum Gasteiger partial charge on any atom is -0.379 e. The lowest BCUT2D eigenvalue weighted by Gasteiger charge is -2.36. The topological polar surface area (TPSA) is 15.7 Å². The molecule has 1 atom stereocenters. The van der Waals surface area contributed by atoms with Gasteiger partial charge >= 0.3 is 0 Å². The fraction of sp³-hybridized carbons (Fsp3) is 0.538. The maximum absolute atomic E-state index is 6.16. The van der Waals surface area contributed by atoms with Gasteiger partial charge in [-0.15, -0.1) is 0 Å². The molecule has 0 N–H and O–H groups in total. The summed E-state index contributed by atoms with van der Waals surface area (Å²) in [5, 5.41) is 0. The number of ether oxygens (including phenoxy) is 1. The Morgan fingerprint density at radius 3 is 2.24 bits per heavy atom. The van der Waals surface area contributed by atoms with Crippen molar-refractivity contribution in [1.29, 1.82) is 0 Å². The van der Waals surface area contributed by atoms with Crippen LogP contribution < -0.4 is 4.90 Å². The first-order chi connectivity index (χ1) is 14.2. The van der Waals surface area contributed by atoms with Crippen molar-refractivity contribution in [2.24, 2.45) is 5.92 Å². The molecule has 2 aromatic rings. The van der Waals surface area contributed by atoms with Gasteiger partial charge in [-0.05, 0) is 67.4 Å². The predicted molar refractivity (Wildman–Crippen MR) is 122 cm³/mol. The van der Waals surface area contributed by atoms with E-state index < -0.39 is 0 Å². The van der Waals surface area contributed by atoms with Gasteiger partial charge in [0.1, 0.15) is 0 Å². The third-order valence-electron chi connectivity index (χ3n) is 6.33. The highest BCUT2D eigenvalue weighted by atomic mass is 16.5. The maximum atomic E-state index is 6.16. The van der Waals surface area contributed by atoms with Crippen LogP contribution in [0.5, 0.6) is 0 Å². The van der Waals surface area contributed by atoms with E-state index in [9.17, 15) is 0 Å². The fourth-order valence-electron chi connectivity index (χ4n) is 4.78. The van der Waals surface area contributed by atoms with Gasteiger partial charge in [-0.1, -0.05) is 56.3 Å². The zero-order valence-corrected chi connectivity index (χ0v) is 18.1. The molecule has 1 saturated heterocycles. The Bertz CT molecular complexity index is 782. The van der Waals surface area contributed by atoms with Crippen LogP contribution in [0.2, 0.25) is 0 Å². The number of anilines is 1. The Kier molecular flexibility index (Phi) is 6.89. The van der Waals surface area contributed by atoms with E-state index in [0.29, 0.717) is 12.0 Å². The van der Waals surface area contributed by atoms with Crippen LogP contribution in [0, 0.1) is 5.92 Å². The van der Waals surface area contributed by atoms with E-state index in [2.05, 4.69) is 72.2 Å². The number of aryl methyl sites for hydroxylation is 2. The van der Waals surface area contributed by atoms with Gasteiger partial charge in [-0.2, -0.15) is 0 Å². The third kappa shape index (κ3) is 5.21. The van der Waals surface area contributed by atoms with Gasteiger partial charge in [0.2, 0.25) is 0 Å². The molecule has 156 valence electrons. The van der Waals surface area contributed by atoms with Crippen molar-refractivity contribution < 1.29 is 4.74 Å². The number of nitrogens with zero attached hydrogens (tertiary/aromatic N) is 2. The molecule has 2 heterocycles. The standard InChI is InChI=1S/C26H36N2O/c1-21(2)19-29-20-25(27-15-7-8-16-27)18-28-17-24-11-4-3-9-22(24)13-14-23-10-5-6-12-26(23)28/h3-6,9-12,21,25H,7-8,13-20H2,1-2H3. The highest BCUT2D eigenvalue weighted by Gasteiger charge is 2.26. The van der Waals surface area contributed by atoms with Crippen LogP contribution in [0.1, 0.15) is 43.4 Å². The van der Waals surface area contributed by atoms with Crippen LogP contribution in [-0.2, 0) is 24.1 Å². The Balaban J connectivity index is 1.58. The molecule has 2 aliphatic rings. The first-order valence-electron chi connectivity index (χ1n) is 11.4.